The number of anilines is 1. The summed E-state index contributed by atoms with van der Waals surface area (Å²) in [5.74, 6) is -2.10. The number of halogens is 1. The lowest BCUT2D eigenvalue weighted by Crippen LogP contribution is -2.49. The van der Waals surface area contributed by atoms with Crippen LogP contribution < -0.4 is 15.0 Å². The van der Waals surface area contributed by atoms with Crippen molar-refractivity contribution in [2.24, 2.45) is 0 Å². The minimum atomic E-state index is -0.995. The van der Waals surface area contributed by atoms with Gasteiger partial charge in [0.15, 0.2) is 0 Å². The number of carbonyl (C=O) groups is 3. The second kappa shape index (κ2) is 9.69. The Morgan fingerprint density at radius 1 is 1.26 bits per heavy atom. The maximum Gasteiger partial charge on any atom is 0.303 e. The van der Waals surface area contributed by atoms with Crippen LogP contribution in [-0.4, -0.2) is 57.4 Å². The number of likely N-dealkylation sites (N-methyl/N-ethyl adjacent to an activating group) is 1. The molecule has 0 spiro atoms. The number of benzene rings is 2. The van der Waals surface area contributed by atoms with E-state index < -0.39 is 23.8 Å². The average Bonchev–Trinajstić information content (AvgIpc) is 3.25. The van der Waals surface area contributed by atoms with E-state index in [4.69, 9.17) is 9.84 Å². The number of aryl methyl sites for hydroxylation is 1. The zero-order chi connectivity index (χ0) is 24.2. The number of ether oxygens (including phenoxy) is 1. The van der Waals surface area contributed by atoms with Crippen LogP contribution in [0.1, 0.15) is 28.2 Å². The van der Waals surface area contributed by atoms with Gasteiger partial charge in [-0.05, 0) is 30.2 Å². The normalized spacial score (nSPS) is 15.3. The lowest BCUT2D eigenvalue weighted by atomic mass is 10.1. The van der Waals surface area contributed by atoms with Gasteiger partial charge in [-0.15, -0.1) is 5.10 Å². The van der Waals surface area contributed by atoms with Gasteiger partial charge in [-0.3, -0.25) is 14.4 Å². The van der Waals surface area contributed by atoms with E-state index in [1.807, 2.05) is 0 Å². The van der Waals surface area contributed by atoms with Crippen LogP contribution in [0.3, 0.4) is 0 Å². The van der Waals surface area contributed by atoms with E-state index in [1.165, 1.54) is 22.0 Å². The topological polar surface area (TPSA) is 127 Å². The van der Waals surface area contributed by atoms with Crippen LogP contribution in [0.4, 0.5) is 10.1 Å². The number of nitrogens with one attached hydrogen (secondary N) is 1. The number of carbonyl (C=O) groups excluding carboxylic acids is 2. The molecule has 1 aromatic heterocycles. The first-order valence-corrected chi connectivity index (χ1v) is 10.5. The van der Waals surface area contributed by atoms with Crippen LogP contribution in [0.2, 0.25) is 0 Å². The summed E-state index contributed by atoms with van der Waals surface area (Å²) in [6, 6.07) is 10.3. The first-order valence-electron chi connectivity index (χ1n) is 10.5. The predicted molar refractivity (Wildman–Crippen MR) is 118 cm³/mol. The molecule has 1 aliphatic heterocycles. The Morgan fingerprint density at radius 3 is 2.82 bits per heavy atom. The maximum absolute atomic E-state index is 13.9. The SMILES string of the molecule is CN1C(=O)[C@@H](NC(=O)c2ncn(Cc3ccccc3F)n2)COc2ccc(CCC(=O)O)cc21. The van der Waals surface area contributed by atoms with Crippen LogP contribution >= 0.6 is 0 Å². The molecule has 2 aromatic carbocycles. The molecule has 176 valence electrons. The van der Waals surface area contributed by atoms with Crippen molar-refractivity contribution < 1.29 is 28.6 Å². The van der Waals surface area contributed by atoms with Crippen molar-refractivity contribution in [3.05, 3.63) is 71.6 Å². The molecule has 1 atom stereocenters. The van der Waals surface area contributed by atoms with Gasteiger partial charge in [-0.1, -0.05) is 24.3 Å². The molecule has 0 unspecified atom stereocenters. The number of aliphatic carboxylic acids is 1. The van der Waals surface area contributed by atoms with E-state index in [0.29, 0.717) is 23.4 Å². The van der Waals surface area contributed by atoms with Crippen molar-refractivity contribution in [3.8, 4) is 5.75 Å². The number of rotatable bonds is 7. The van der Waals surface area contributed by atoms with Gasteiger partial charge in [-0.25, -0.2) is 14.1 Å². The van der Waals surface area contributed by atoms with Gasteiger partial charge in [0.05, 0.1) is 12.2 Å². The number of carboxylic acids is 1. The first-order chi connectivity index (χ1) is 16.3. The summed E-state index contributed by atoms with van der Waals surface area (Å²) in [7, 11) is 1.55. The molecular weight excluding hydrogens is 445 g/mol. The van der Waals surface area contributed by atoms with Crippen molar-refractivity contribution in [2.75, 3.05) is 18.6 Å². The molecule has 0 saturated carbocycles. The van der Waals surface area contributed by atoms with Gasteiger partial charge in [0, 0.05) is 19.0 Å². The first kappa shape index (κ1) is 22.9. The standard InChI is InChI=1S/C23H22FN5O5/c1-28-18-10-14(7-9-20(30)31)6-8-19(18)34-12-17(23(28)33)26-22(32)21-25-13-29(27-21)11-15-4-2-3-5-16(15)24/h2-6,8,10,13,17H,7,9,11-12H2,1H3,(H,26,32)(H,30,31)/t17-/m0/s1. The molecule has 1 aliphatic rings. The number of hydrogen-bond donors (Lipinski definition) is 2. The fourth-order valence-corrected chi connectivity index (χ4v) is 3.55. The summed E-state index contributed by atoms with van der Waals surface area (Å²) in [5, 5.41) is 15.6. The van der Waals surface area contributed by atoms with Crippen LogP contribution in [0.15, 0.2) is 48.8 Å². The van der Waals surface area contributed by atoms with Crippen LogP contribution in [0, 0.1) is 5.82 Å². The van der Waals surface area contributed by atoms with Crippen molar-refractivity contribution in [3.63, 3.8) is 0 Å². The zero-order valence-electron chi connectivity index (χ0n) is 18.3. The highest BCUT2D eigenvalue weighted by atomic mass is 19.1. The molecule has 11 heteroatoms. The summed E-state index contributed by atoms with van der Waals surface area (Å²) < 4.78 is 20.9. The summed E-state index contributed by atoms with van der Waals surface area (Å²) in [5.41, 5.74) is 1.63. The second-order valence-electron chi connectivity index (χ2n) is 7.79. The third-order valence-electron chi connectivity index (χ3n) is 5.38. The second-order valence-corrected chi connectivity index (χ2v) is 7.79. The Balaban J connectivity index is 1.43. The molecule has 34 heavy (non-hydrogen) atoms. The maximum atomic E-state index is 13.9. The van der Waals surface area contributed by atoms with E-state index in [1.54, 1.807) is 43.4 Å². The smallest absolute Gasteiger partial charge is 0.303 e. The van der Waals surface area contributed by atoms with E-state index in [0.717, 1.165) is 5.56 Å². The Hall–Kier alpha value is -4.28. The highest BCUT2D eigenvalue weighted by Crippen LogP contribution is 2.32. The van der Waals surface area contributed by atoms with E-state index in [9.17, 15) is 18.8 Å². The quantitative estimate of drug-likeness (QED) is 0.541. The van der Waals surface area contributed by atoms with Gasteiger partial charge >= 0.3 is 5.97 Å². The number of hydrogen-bond acceptors (Lipinski definition) is 6. The molecule has 0 saturated heterocycles. The van der Waals surface area contributed by atoms with Crippen molar-refractivity contribution in [1.82, 2.24) is 20.1 Å². The van der Waals surface area contributed by atoms with Crippen molar-refractivity contribution >= 4 is 23.5 Å². The molecule has 0 fully saturated rings. The predicted octanol–water partition coefficient (Wildman–Crippen LogP) is 1.64. The highest BCUT2D eigenvalue weighted by molar-refractivity contribution is 6.02. The van der Waals surface area contributed by atoms with Crippen molar-refractivity contribution in [1.29, 1.82) is 0 Å². The molecule has 2 N–H and O–H groups in total. The molecule has 0 aliphatic carbocycles. The van der Waals surface area contributed by atoms with Gasteiger partial charge in [0.2, 0.25) is 5.82 Å². The van der Waals surface area contributed by atoms with Gasteiger partial charge in [0.25, 0.3) is 11.8 Å². The molecule has 2 amide bonds. The fourth-order valence-electron chi connectivity index (χ4n) is 3.55. The minimum absolute atomic E-state index is 0.0352. The van der Waals surface area contributed by atoms with Crippen LogP contribution in [-0.2, 0) is 22.6 Å². The average molecular weight is 467 g/mol. The summed E-state index contributed by atoms with van der Waals surface area (Å²) >= 11 is 0. The fraction of sp³-hybridized carbons (Fsp3) is 0.261. The molecule has 10 nitrogen and oxygen atoms in total. The number of aromatic nitrogens is 3. The molecule has 3 aromatic rings. The Labute approximate surface area is 194 Å². The largest absolute Gasteiger partial charge is 0.489 e. The molecular formula is C23H22FN5O5. The Bertz CT molecular complexity index is 1240. The molecule has 4 rings (SSSR count). The van der Waals surface area contributed by atoms with E-state index >= 15 is 0 Å². The summed E-state index contributed by atoms with van der Waals surface area (Å²) in [6.07, 6.45) is 1.59. The summed E-state index contributed by atoms with van der Waals surface area (Å²) in [6.45, 7) is -0.00694. The Morgan fingerprint density at radius 2 is 2.06 bits per heavy atom. The number of carboxylic acid groups (broad SMARTS) is 1. The number of amides is 2. The van der Waals surface area contributed by atoms with Gasteiger partial charge in [-0.2, -0.15) is 0 Å². The summed E-state index contributed by atoms with van der Waals surface area (Å²) in [4.78, 5) is 41.8. The van der Waals surface area contributed by atoms with E-state index in [2.05, 4.69) is 15.4 Å². The third kappa shape index (κ3) is 5.03. The van der Waals surface area contributed by atoms with Crippen LogP contribution in [0.5, 0.6) is 5.75 Å². The highest BCUT2D eigenvalue weighted by Gasteiger charge is 2.31. The molecule has 2 heterocycles. The Kier molecular flexibility index (Phi) is 6.53. The monoisotopic (exact) mass is 467 g/mol. The lowest BCUT2D eigenvalue weighted by molar-refractivity contribution is -0.137. The zero-order valence-corrected chi connectivity index (χ0v) is 18.3. The molecule has 0 radical (unpaired) electrons. The number of nitrogens with zero attached hydrogens (tertiary/aromatic N) is 4. The number of fused-ring (bicyclic) bond motifs is 1. The third-order valence-corrected chi connectivity index (χ3v) is 5.38. The van der Waals surface area contributed by atoms with Crippen molar-refractivity contribution in [2.45, 2.75) is 25.4 Å². The van der Waals surface area contributed by atoms with Gasteiger partial charge < -0.3 is 20.1 Å². The van der Waals surface area contributed by atoms with E-state index in [-0.39, 0.29) is 31.2 Å². The van der Waals surface area contributed by atoms with Gasteiger partial charge in [0.1, 0.15) is 30.5 Å². The lowest BCUT2D eigenvalue weighted by Gasteiger charge is -2.20. The minimum Gasteiger partial charge on any atom is -0.489 e. The van der Waals surface area contributed by atoms with Crippen LogP contribution in [0.25, 0.3) is 0 Å². The molecule has 0 bridgehead atoms.